The van der Waals surface area contributed by atoms with Gasteiger partial charge in [-0.1, -0.05) is 57.2 Å². The molecule has 6 heteroatoms. The van der Waals surface area contributed by atoms with Crippen LogP contribution in [0.2, 0.25) is 0 Å². The fourth-order valence-corrected chi connectivity index (χ4v) is 5.07. The smallest absolute Gasteiger partial charge is 0.416 e. The number of likely N-dealkylation sites (tertiary alicyclic amines) is 1. The number of piperidine rings is 1. The molecule has 1 saturated heterocycles. The molecule has 0 bridgehead atoms. The van der Waals surface area contributed by atoms with Crippen LogP contribution in [0.5, 0.6) is 0 Å². The van der Waals surface area contributed by atoms with Gasteiger partial charge >= 0.3 is 12.1 Å². The zero-order valence-electron chi connectivity index (χ0n) is 20.6. The first-order valence-corrected chi connectivity index (χ1v) is 12.3. The van der Waals surface area contributed by atoms with Crippen LogP contribution in [-0.2, 0) is 15.7 Å². The SMILES string of the molecule is CCOC(=O)C(CC(C)C)c1cc(-c2ccccc2)cc(C2CCCN(CC)C2)c1C(F)(F)F. The van der Waals surface area contributed by atoms with Crippen molar-refractivity contribution in [1.82, 2.24) is 4.90 Å². The van der Waals surface area contributed by atoms with Crippen molar-refractivity contribution in [2.24, 2.45) is 5.92 Å². The molecule has 3 nitrogen and oxygen atoms in total. The zero-order chi connectivity index (χ0) is 24.9. The first-order chi connectivity index (χ1) is 16.2. The number of nitrogens with zero attached hydrogens (tertiary/aromatic N) is 1. The lowest BCUT2D eigenvalue weighted by Gasteiger charge is -2.35. The van der Waals surface area contributed by atoms with Crippen molar-refractivity contribution in [3.8, 4) is 11.1 Å². The molecule has 0 amide bonds. The Balaban J connectivity index is 2.29. The number of rotatable bonds is 8. The Morgan fingerprint density at radius 3 is 2.41 bits per heavy atom. The van der Waals surface area contributed by atoms with Crippen molar-refractivity contribution in [2.75, 3.05) is 26.2 Å². The Kier molecular flexibility index (Phi) is 8.80. The summed E-state index contributed by atoms with van der Waals surface area (Å²) in [5.74, 6) is -1.76. The molecule has 3 rings (SSSR count). The third kappa shape index (κ3) is 6.21. The number of carbonyl (C=O) groups is 1. The van der Waals surface area contributed by atoms with Gasteiger partial charge in [-0.2, -0.15) is 13.2 Å². The number of halogens is 3. The Hall–Kier alpha value is -2.34. The lowest BCUT2D eigenvalue weighted by molar-refractivity contribution is -0.146. The Bertz CT molecular complexity index is 956. The van der Waals surface area contributed by atoms with Crippen LogP contribution < -0.4 is 0 Å². The van der Waals surface area contributed by atoms with Gasteiger partial charge in [0, 0.05) is 6.54 Å². The van der Waals surface area contributed by atoms with Crippen LogP contribution in [0.25, 0.3) is 11.1 Å². The van der Waals surface area contributed by atoms with E-state index in [1.807, 2.05) is 51.1 Å². The highest BCUT2D eigenvalue weighted by molar-refractivity contribution is 5.80. The average Bonchev–Trinajstić information content (AvgIpc) is 2.81. The van der Waals surface area contributed by atoms with Gasteiger partial charge in [-0.15, -0.1) is 0 Å². The molecular weight excluding hydrogens is 439 g/mol. The molecule has 1 aliphatic heterocycles. The van der Waals surface area contributed by atoms with Gasteiger partial charge in [-0.3, -0.25) is 4.79 Å². The predicted molar refractivity (Wildman–Crippen MR) is 130 cm³/mol. The monoisotopic (exact) mass is 475 g/mol. The summed E-state index contributed by atoms with van der Waals surface area (Å²) in [7, 11) is 0. The first kappa shape index (κ1) is 26.3. The fraction of sp³-hybridized carbons (Fsp3) is 0.536. The van der Waals surface area contributed by atoms with Gasteiger partial charge in [0.25, 0.3) is 0 Å². The van der Waals surface area contributed by atoms with E-state index in [0.717, 1.165) is 25.1 Å². The molecule has 34 heavy (non-hydrogen) atoms. The molecular formula is C28H36F3NO2. The summed E-state index contributed by atoms with van der Waals surface area (Å²) in [6.07, 6.45) is -2.72. The van der Waals surface area contributed by atoms with E-state index in [2.05, 4.69) is 4.90 Å². The van der Waals surface area contributed by atoms with E-state index in [4.69, 9.17) is 4.74 Å². The lowest BCUT2D eigenvalue weighted by Crippen LogP contribution is -2.35. The summed E-state index contributed by atoms with van der Waals surface area (Å²) >= 11 is 0. The molecule has 2 aromatic rings. The van der Waals surface area contributed by atoms with Crippen molar-refractivity contribution in [2.45, 2.75) is 65.0 Å². The van der Waals surface area contributed by atoms with E-state index in [1.165, 1.54) is 0 Å². The van der Waals surface area contributed by atoms with E-state index >= 15 is 0 Å². The van der Waals surface area contributed by atoms with E-state index in [9.17, 15) is 18.0 Å². The second-order valence-corrected chi connectivity index (χ2v) is 9.56. The minimum atomic E-state index is -4.57. The number of likely N-dealkylation sites (N-methyl/N-ethyl adjacent to an activating group) is 1. The Morgan fingerprint density at radius 2 is 1.82 bits per heavy atom. The van der Waals surface area contributed by atoms with Gasteiger partial charge in [-0.05, 0) is 79.4 Å². The average molecular weight is 476 g/mol. The molecule has 2 aromatic carbocycles. The summed E-state index contributed by atoms with van der Waals surface area (Å²) in [6.45, 7) is 9.99. The quantitative estimate of drug-likeness (QED) is 0.376. The number of alkyl halides is 3. The molecule has 0 spiro atoms. The maximum atomic E-state index is 14.8. The van der Waals surface area contributed by atoms with E-state index in [-0.39, 0.29) is 24.0 Å². The summed E-state index contributed by atoms with van der Waals surface area (Å²) < 4.78 is 49.6. The first-order valence-electron chi connectivity index (χ1n) is 12.3. The van der Waals surface area contributed by atoms with Gasteiger partial charge in [0.05, 0.1) is 18.1 Å². The Morgan fingerprint density at radius 1 is 1.12 bits per heavy atom. The highest BCUT2D eigenvalue weighted by Crippen LogP contribution is 2.45. The van der Waals surface area contributed by atoms with Crippen LogP contribution >= 0.6 is 0 Å². The Labute approximate surface area is 201 Å². The topological polar surface area (TPSA) is 29.5 Å². The largest absolute Gasteiger partial charge is 0.466 e. The normalized spacial score (nSPS) is 18.2. The molecule has 2 atom stereocenters. The maximum Gasteiger partial charge on any atom is 0.416 e. The summed E-state index contributed by atoms with van der Waals surface area (Å²) in [4.78, 5) is 15.2. The van der Waals surface area contributed by atoms with Crippen molar-refractivity contribution < 1.29 is 22.7 Å². The molecule has 1 heterocycles. The third-order valence-electron chi connectivity index (χ3n) is 6.64. The van der Waals surface area contributed by atoms with Gasteiger partial charge in [0.1, 0.15) is 0 Å². The summed E-state index contributed by atoms with van der Waals surface area (Å²) in [6, 6.07) is 12.7. The maximum absolute atomic E-state index is 14.8. The molecule has 0 aromatic heterocycles. The molecule has 0 aliphatic carbocycles. The molecule has 186 valence electrons. The predicted octanol–water partition coefficient (Wildman–Crippen LogP) is 7.26. The van der Waals surface area contributed by atoms with Gasteiger partial charge in [0.15, 0.2) is 0 Å². The van der Waals surface area contributed by atoms with Crippen LogP contribution in [0.1, 0.15) is 75.5 Å². The summed E-state index contributed by atoms with van der Waals surface area (Å²) in [5.41, 5.74) is 1.26. The fourth-order valence-electron chi connectivity index (χ4n) is 5.07. The van der Waals surface area contributed by atoms with Gasteiger partial charge in [0.2, 0.25) is 0 Å². The summed E-state index contributed by atoms with van der Waals surface area (Å²) in [5, 5.41) is 0. The second kappa shape index (κ2) is 11.4. The lowest BCUT2D eigenvalue weighted by atomic mass is 9.78. The van der Waals surface area contributed by atoms with Gasteiger partial charge < -0.3 is 9.64 Å². The van der Waals surface area contributed by atoms with Crippen molar-refractivity contribution in [1.29, 1.82) is 0 Å². The van der Waals surface area contributed by atoms with Crippen molar-refractivity contribution in [3.05, 3.63) is 59.2 Å². The molecule has 0 N–H and O–H groups in total. The van der Waals surface area contributed by atoms with Crippen molar-refractivity contribution in [3.63, 3.8) is 0 Å². The van der Waals surface area contributed by atoms with E-state index in [0.29, 0.717) is 30.5 Å². The number of esters is 1. The minimum Gasteiger partial charge on any atom is -0.466 e. The number of hydrogen-bond donors (Lipinski definition) is 0. The number of benzene rings is 2. The minimum absolute atomic E-state index is 0.0320. The van der Waals surface area contributed by atoms with Crippen LogP contribution in [0.3, 0.4) is 0 Å². The van der Waals surface area contributed by atoms with Crippen LogP contribution in [0, 0.1) is 5.92 Å². The third-order valence-corrected chi connectivity index (χ3v) is 6.64. The van der Waals surface area contributed by atoms with E-state index < -0.39 is 23.6 Å². The van der Waals surface area contributed by atoms with Crippen LogP contribution in [-0.4, -0.2) is 37.1 Å². The molecule has 0 saturated carbocycles. The molecule has 2 unspecified atom stereocenters. The van der Waals surface area contributed by atoms with Crippen LogP contribution in [0.15, 0.2) is 42.5 Å². The van der Waals surface area contributed by atoms with Crippen molar-refractivity contribution >= 4 is 5.97 Å². The van der Waals surface area contributed by atoms with E-state index in [1.54, 1.807) is 19.1 Å². The van der Waals surface area contributed by atoms with Gasteiger partial charge in [-0.25, -0.2) is 0 Å². The number of carbonyl (C=O) groups excluding carboxylic acids is 1. The molecule has 0 radical (unpaired) electrons. The van der Waals surface area contributed by atoms with Crippen LogP contribution in [0.4, 0.5) is 13.2 Å². The molecule has 1 fully saturated rings. The highest BCUT2D eigenvalue weighted by Gasteiger charge is 2.42. The molecule has 1 aliphatic rings. The standard InChI is InChI=1S/C28H36F3NO2/c1-5-32-14-10-13-21(18-32)23-16-22(20-11-8-7-9-12-20)17-24(26(23)28(29,30)31)25(15-19(3)4)27(33)34-6-2/h7-9,11-12,16-17,19,21,25H,5-6,10,13-15,18H2,1-4H3. The highest BCUT2D eigenvalue weighted by atomic mass is 19.4. The number of hydrogen-bond acceptors (Lipinski definition) is 3. The number of ether oxygens (including phenoxy) is 1. The second-order valence-electron chi connectivity index (χ2n) is 9.56. The zero-order valence-corrected chi connectivity index (χ0v) is 20.6.